The monoisotopic (exact) mass is 354 g/mol. The molecule has 2 fully saturated rings. The average Bonchev–Trinajstić information content (AvgIpc) is 2.97. The van der Waals surface area contributed by atoms with Crippen molar-refractivity contribution in [2.24, 2.45) is 40.4 Å². The van der Waals surface area contributed by atoms with Gasteiger partial charge in [-0.2, -0.15) is 0 Å². The van der Waals surface area contributed by atoms with Crippen molar-refractivity contribution in [2.75, 3.05) is 0 Å². The third-order valence-corrected chi connectivity index (χ3v) is 9.02. The summed E-state index contributed by atoms with van der Waals surface area (Å²) in [4.78, 5) is 22.8. The molecule has 0 N–H and O–H groups in total. The molecule has 2 heteroatoms. The Morgan fingerprint density at radius 3 is 2.77 bits per heavy atom. The lowest BCUT2D eigenvalue weighted by Crippen LogP contribution is -2.49. The molecule has 0 saturated heterocycles. The molecule has 4 aliphatic carbocycles. The summed E-state index contributed by atoms with van der Waals surface area (Å²) in [5.74, 6) is 3.88. The first kappa shape index (κ1) is 18.2. The quantitative estimate of drug-likeness (QED) is 0.622. The fourth-order valence-electron chi connectivity index (χ4n) is 7.50. The molecule has 0 amide bonds. The van der Waals surface area contributed by atoms with Crippen LogP contribution in [0.1, 0.15) is 72.1 Å². The zero-order chi connectivity index (χ0) is 18.5. The maximum absolute atomic E-state index is 11.9. The molecule has 0 aromatic rings. The summed E-state index contributed by atoms with van der Waals surface area (Å²) in [5.41, 5.74) is 1.93. The Balaban J connectivity index is 1.61. The van der Waals surface area contributed by atoms with Gasteiger partial charge in [-0.25, -0.2) is 0 Å². The summed E-state index contributed by atoms with van der Waals surface area (Å²) >= 11 is 0. The summed E-state index contributed by atoms with van der Waals surface area (Å²) in [6.45, 7) is 7.35. The van der Waals surface area contributed by atoms with Crippen LogP contribution in [0.3, 0.4) is 0 Å². The maximum atomic E-state index is 11.9. The smallest absolute Gasteiger partial charge is 0.156 e. The second kappa shape index (κ2) is 6.46. The van der Waals surface area contributed by atoms with E-state index in [0.717, 1.165) is 37.4 Å². The molecule has 2 saturated carbocycles. The van der Waals surface area contributed by atoms with E-state index >= 15 is 0 Å². The van der Waals surface area contributed by atoms with E-state index in [4.69, 9.17) is 0 Å². The molecule has 0 aromatic heterocycles. The molecule has 0 aromatic carbocycles. The molecular formula is C24H34O2. The van der Waals surface area contributed by atoms with Crippen molar-refractivity contribution in [3.8, 4) is 0 Å². The SMILES string of the molecule is C[C@H](CCC=O)C1CC[C@H]2[C@@H]3C=CC4=CC(=O)CC[C@]4(C)[C@H]3CC[C@]12C. The normalized spacial score (nSPS) is 45.3. The molecule has 142 valence electrons. The van der Waals surface area contributed by atoms with Gasteiger partial charge in [-0.15, -0.1) is 0 Å². The van der Waals surface area contributed by atoms with Gasteiger partial charge in [0.1, 0.15) is 6.29 Å². The first-order valence-electron chi connectivity index (χ1n) is 10.8. The van der Waals surface area contributed by atoms with E-state index in [1.54, 1.807) is 0 Å². The third-order valence-electron chi connectivity index (χ3n) is 9.02. The van der Waals surface area contributed by atoms with Gasteiger partial charge in [0.05, 0.1) is 0 Å². The number of rotatable bonds is 4. The molecule has 26 heavy (non-hydrogen) atoms. The Bertz CT molecular complexity index is 659. The predicted octanol–water partition coefficient (Wildman–Crippen LogP) is 5.53. The first-order valence-corrected chi connectivity index (χ1v) is 10.8. The molecular weight excluding hydrogens is 320 g/mol. The molecule has 0 bridgehead atoms. The molecule has 0 radical (unpaired) electrons. The summed E-state index contributed by atoms with van der Waals surface area (Å²) in [5, 5.41) is 0. The van der Waals surface area contributed by atoms with Gasteiger partial charge >= 0.3 is 0 Å². The average molecular weight is 355 g/mol. The lowest BCUT2D eigenvalue weighted by molar-refractivity contribution is -0.116. The van der Waals surface area contributed by atoms with E-state index in [1.165, 1.54) is 31.3 Å². The summed E-state index contributed by atoms with van der Waals surface area (Å²) in [7, 11) is 0. The van der Waals surface area contributed by atoms with E-state index in [1.807, 2.05) is 6.08 Å². The summed E-state index contributed by atoms with van der Waals surface area (Å²) in [6, 6.07) is 0. The standard InChI is InChI=1S/C24H34O2/c1-16(5-4-14-25)20-8-9-21-19-7-6-17-15-18(26)10-12-23(17,2)22(19)11-13-24(20,21)3/h6-7,14-16,19-22H,4-5,8-13H2,1-3H3/t16-,19+,20?,21+,22+,23+,24-/m1/s1. The Morgan fingerprint density at radius 1 is 1.19 bits per heavy atom. The van der Waals surface area contributed by atoms with Crippen LogP contribution in [-0.4, -0.2) is 12.1 Å². The van der Waals surface area contributed by atoms with Crippen LogP contribution >= 0.6 is 0 Å². The third kappa shape index (κ3) is 2.59. The fourth-order valence-corrected chi connectivity index (χ4v) is 7.50. The number of aldehydes is 1. The summed E-state index contributed by atoms with van der Waals surface area (Å²) < 4.78 is 0. The van der Waals surface area contributed by atoms with Gasteiger partial charge in [-0.1, -0.05) is 32.9 Å². The van der Waals surface area contributed by atoms with Crippen LogP contribution in [-0.2, 0) is 9.59 Å². The van der Waals surface area contributed by atoms with Gasteiger partial charge in [0.25, 0.3) is 0 Å². The lowest BCUT2D eigenvalue weighted by Gasteiger charge is -2.56. The van der Waals surface area contributed by atoms with Crippen molar-refractivity contribution in [1.29, 1.82) is 0 Å². The van der Waals surface area contributed by atoms with Gasteiger partial charge < -0.3 is 4.79 Å². The second-order valence-corrected chi connectivity index (χ2v) is 10.1. The van der Waals surface area contributed by atoms with E-state index in [-0.39, 0.29) is 5.41 Å². The maximum Gasteiger partial charge on any atom is 0.156 e. The Labute approximate surface area is 158 Å². The van der Waals surface area contributed by atoms with Gasteiger partial charge in [-0.3, -0.25) is 4.79 Å². The van der Waals surface area contributed by atoms with Crippen molar-refractivity contribution < 1.29 is 9.59 Å². The van der Waals surface area contributed by atoms with Crippen molar-refractivity contribution >= 4 is 12.1 Å². The molecule has 2 nitrogen and oxygen atoms in total. The Morgan fingerprint density at radius 2 is 2.00 bits per heavy atom. The van der Waals surface area contributed by atoms with E-state index in [2.05, 4.69) is 32.9 Å². The Kier molecular flexibility index (Phi) is 4.52. The highest BCUT2D eigenvalue weighted by Gasteiger charge is 2.58. The zero-order valence-electron chi connectivity index (χ0n) is 16.7. The Hall–Kier alpha value is -1.18. The van der Waals surface area contributed by atoms with Gasteiger partial charge in [-0.05, 0) is 90.6 Å². The van der Waals surface area contributed by atoms with Crippen LogP contribution < -0.4 is 0 Å². The molecule has 4 rings (SSSR count). The van der Waals surface area contributed by atoms with Crippen molar-refractivity contribution in [3.63, 3.8) is 0 Å². The van der Waals surface area contributed by atoms with Gasteiger partial charge in [0, 0.05) is 12.8 Å². The number of allylic oxidation sites excluding steroid dienone is 4. The zero-order valence-corrected chi connectivity index (χ0v) is 16.7. The van der Waals surface area contributed by atoms with Crippen molar-refractivity contribution in [1.82, 2.24) is 0 Å². The molecule has 0 heterocycles. The minimum Gasteiger partial charge on any atom is -0.303 e. The highest BCUT2D eigenvalue weighted by atomic mass is 16.1. The largest absolute Gasteiger partial charge is 0.303 e. The predicted molar refractivity (Wildman–Crippen MR) is 105 cm³/mol. The molecule has 0 spiro atoms. The van der Waals surface area contributed by atoms with Crippen LogP contribution in [0, 0.1) is 40.4 Å². The molecule has 4 aliphatic rings. The molecule has 0 aliphatic heterocycles. The van der Waals surface area contributed by atoms with Gasteiger partial charge in [0.15, 0.2) is 5.78 Å². The number of fused-ring (bicyclic) bond motifs is 5. The van der Waals surface area contributed by atoms with Gasteiger partial charge in [0.2, 0.25) is 0 Å². The van der Waals surface area contributed by atoms with E-state index in [9.17, 15) is 9.59 Å². The summed E-state index contributed by atoms with van der Waals surface area (Å²) in [6.07, 6.45) is 16.6. The topological polar surface area (TPSA) is 34.1 Å². The highest BCUT2D eigenvalue weighted by molar-refractivity contribution is 5.92. The number of ketones is 1. The van der Waals surface area contributed by atoms with E-state index < -0.39 is 0 Å². The van der Waals surface area contributed by atoms with Crippen molar-refractivity contribution in [2.45, 2.75) is 72.1 Å². The number of hydrogen-bond donors (Lipinski definition) is 0. The number of carbonyl (C=O) groups is 2. The fraction of sp³-hybridized carbons (Fsp3) is 0.750. The molecule has 1 unspecified atom stereocenters. The highest BCUT2D eigenvalue weighted by Crippen LogP contribution is 2.66. The first-order chi connectivity index (χ1) is 12.4. The van der Waals surface area contributed by atoms with Crippen LogP contribution in [0.4, 0.5) is 0 Å². The second-order valence-electron chi connectivity index (χ2n) is 10.1. The number of hydrogen-bond acceptors (Lipinski definition) is 2. The van der Waals surface area contributed by atoms with Crippen LogP contribution in [0.5, 0.6) is 0 Å². The number of carbonyl (C=O) groups excluding carboxylic acids is 2. The minimum atomic E-state index is 0.204. The van der Waals surface area contributed by atoms with Crippen LogP contribution in [0.15, 0.2) is 23.8 Å². The van der Waals surface area contributed by atoms with E-state index in [0.29, 0.717) is 35.4 Å². The minimum absolute atomic E-state index is 0.204. The van der Waals surface area contributed by atoms with Crippen LogP contribution in [0.2, 0.25) is 0 Å². The van der Waals surface area contributed by atoms with Crippen molar-refractivity contribution in [3.05, 3.63) is 23.8 Å². The molecule has 7 atom stereocenters. The lowest BCUT2D eigenvalue weighted by atomic mass is 9.48. The van der Waals surface area contributed by atoms with Crippen LogP contribution in [0.25, 0.3) is 0 Å².